The Hall–Kier alpha value is -2.87. The number of nitrogens with zero attached hydrogens (tertiary/aromatic N) is 2. The molecule has 0 radical (unpaired) electrons. The zero-order chi connectivity index (χ0) is 30.2. The van der Waals surface area contributed by atoms with E-state index in [1.165, 1.54) is 7.11 Å². The molecule has 41 heavy (non-hydrogen) atoms. The monoisotopic (exact) mass is 579 g/mol. The molecule has 3 N–H and O–H groups in total. The fraction of sp³-hybridized carbons (Fsp3) is 0.750. The van der Waals surface area contributed by atoms with Gasteiger partial charge in [0.1, 0.15) is 17.7 Å². The Kier molecular flexibility index (Phi) is 11.8. The van der Waals surface area contributed by atoms with Gasteiger partial charge < -0.3 is 34.7 Å². The van der Waals surface area contributed by atoms with Gasteiger partial charge in [0.2, 0.25) is 11.8 Å². The highest BCUT2D eigenvalue weighted by Gasteiger charge is 2.50. The summed E-state index contributed by atoms with van der Waals surface area (Å²) in [6.07, 6.45) is 0.746. The maximum absolute atomic E-state index is 13.4. The minimum Gasteiger partial charge on any atom is -0.382 e. The number of amides is 3. The molecule has 13 nitrogen and oxygen atoms in total. The molecule has 2 aliphatic heterocycles. The number of nitrogens with one attached hydrogen (secondary N) is 3. The molecule has 230 valence electrons. The topological polar surface area (TPSA) is 165 Å². The van der Waals surface area contributed by atoms with Crippen LogP contribution in [0.1, 0.15) is 63.7 Å². The summed E-state index contributed by atoms with van der Waals surface area (Å²) >= 11 is 0. The molecule has 1 aromatic rings. The average Bonchev–Trinajstić information content (AvgIpc) is 3.49. The number of aromatic nitrogens is 1. The van der Waals surface area contributed by atoms with E-state index in [0.717, 1.165) is 13.1 Å². The van der Waals surface area contributed by atoms with Crippen LogP contribution in [-0.4, -0.2) is 104 Å². The Bertz CT molecular complexity index is 1050. The summed E-state index contributed by atoms with van der Waals surface area (Å²) in [5, 5.41) is 12.1. The molecule has 3 rings (SSSR count). The predicted molar refractivity (Wildman–Crippen MR) is 148 cm³/mol. The number of Topliss-reactive ketones (excluding diaryl/α,β-unsaturated/α-hetero) is 1. The van der Waals surface area contributed by atoms with Gasteiger partial charge in [-0.2, -0.15) is 0 Å². The van der Waals surface area contributed by atoms with Crippen LogP contribution in [-0.2, 0) is 35.1 Å². The Balaban J connectivity index is 1.65. The fourth-order valence-electron chi connectivity index (χ4n) is 4.63. The van der Waals surface area contributed by atoms with Gasteiger partial charge in [-0.1, -0.05) is 32.9 Å². The number of hydrogen-bond donors (Lipinski definition) is 3. The average molecular weight is 580 g/mol. The SMILES string of the molecule is COCC(NC(=O)C(CC(C)C)NC(=O)c1cc(CN2CCOCC2)on1)C(=O)NC(CC(C)C)C(=O)[C@@]1(C)CO1. The second kappa shape index (κ2) is 14.9. The molecular formula is C28H45N5O8. The Morgan fingerprint density at radius 2 is 1.56 bits per heavy atom. The fourth-order valence-corrected chi connectivity index (χ4v) is 4.63. The minimum atomic E-state index is -1.08. The van der Waals surface area contributed by atoms with Crippen molar-refractivity contribution in [1.29, 1.82) is 0 Å². The van der Waals surface area contributed by atoms with Gasteiger partial charge in [-0.3, -0.25) is 24.1 Å². The van der Waals surface area contributed by atoms with Crippen molar-refractivity contribution in [2.75, 3.05) is 46.6 Å². The van der Waals surface area contributed by atoms with Crippen LogP contribution in [0.15, 0.2) is 10.6 Å². The van der Waals surface area contributed by atoms with Crippen LogP contribution < -0.4 is 16.0 Å². The largest absolute Gasteiger partial charge is 0.382 e. The number of ether oxygens (including phenoxy) is 3. The van der Waals surface area contributed by atoms with E-state index < -0.39 is 41.4 Å². The lowest BCUT2D eigenvalue weighted by molar-refractivity contribution is -0.134. The highest BCUT2D eigenvalue weighted by atomic mass is 16.6. The summed E-state index contributed by atoms with van der Waals surface area (Å²) in [5.41, 5.74) is -0.838. The zero-order valence-corrected chi connectivity index (χ0v) is 25.0. The maximum atomic E-state index is 13.4. The van der Waals surface area contributed by atoms with Crippen LogP contribution in [0.2, 0.25) is 0 Å². The molecule has 3 amide bonds. The van der Waals surface area contributed by atoms with E-state index in [1.54, 1.807) is 13.0 Å². The molecule has 0 bridgehead atoms. The van der Waals surface area contributed by atoms with Crippen molar-refractivity contribution in [3.8, 4) is 0 Å². The van der Waals surface area contributed by atoms with E-state index in [1.807, 2.05) is 27.7 Å². The first-order chi connectivity index (χ1) is 19.4. The lowest BCUT2D eigenvalue weighted by atomic mass is 9.93. The number of ketones is 1. The summed E-state index contributed by atoms with van der Waals surface area (Å²) < 4.78 is 21.2. The predicted octanol–water partition coefficient (Wildman–Crippen LogP) is 0.671. The number of rotatable bonds is 16. The number of methoxy groups -OCH3 is 1. The van der Waals surface area contributed by atoms with Crippen LogP contribution in [0.25, 0.3) is 0 Å². The molecule has 0 saturated carbocycles. The Morgan fingerprint density at radius 3 is 2.15 bits per heavy atom. The number of carbonyl (C=O) groups is 4. The second-order valence-corrected chi connectivity index (χ2v) is 11.8. The summed E-state index contributed by atoms with van der Waals surface area (Å²) in [4.78, 5) is 54.7. The summed E-state index contributed by atoms with van der Waals surface area (Å²) in [6, 6.07) is -1.23. The van der Waals surface area contributed by atoms with Gasteiger partial charge in [0.05, 0.1) is 39.0 Å². The van der Waals surface area contributed by atoms with Gasteiger partial charge in [-0.25, -0.2) is 0 Å². The van der Waals surface area contributed by atoms with Crippen molar-refractivity contribution >= 4 is 23.5 Å². The number of hydrogen-bond acceptors (Lipinski definition) is 10. The molecule has 0 aromatic carbocycles. The molecule has 2 aliphatic rings. The lowest BCUT2D eigenvalue weighted by Crippen LogP contribution is -2.58. The van der Waals surface area contributed by atoms with Crippen LogP contribution in [0.4, 0.5) is 0 Å². The molecule has 13 heteroatoms. The standard InChI is InChI=1S/C28H45N5O8/c1-17(2)11-20(24(34)28(5)16-40-28)29-27(37)23(15-38-6)31-25(35)21(12-18(3)4)30-26(36)22-13-19(41-32-22)14-33-7-9-39-10-8-33/h13,17-18,20-21,23H,7-12,14-16H2,1-6H3,(H,29,37)(H,30,36)(H,31,35)/t20?,21?,23?,28-/m1/s1. The molecule has 3 heterocycles. The third kappa shape index (κ3) is 9.87. The number of carbonyl (C=O) groups excluding carboxylic acids is 4. The van der Waals surface area contributed by atoms with Crippen molar-refractivity contribution in [3.05, 3.63) is 17.5 Å². The van der Waals surface area contributed by atoms with E-state index in [9.17, 15) is 19.2 Å². The maximum Gasteiger partial charge on any atom is 0.274 e. The van der Waals surface area contributed by atoms with E-state index in [0.29, 0.717) is 45.0 Å². The van der Waals surface area contributed by atoms with Crippen molar-refractivity contribution in [2.24, 2.45) is 11.8 Å². The third-order valence-corrected chi connectivity index (χ3v) is 7.01. The summed E-state index contributed by atoms with van der Waals surface area (Å²) in [5.74, 6) is -1.13. The van der Waals surface area contributed by atoms with Gasteiger partial charge in [0, 0.05) is 26.3 Å². The van der Waals surface area contributed by atoms with Gasteiger partial charge >= 0.3 is 0 Å². The highest BCUT2D eigenvalue weighted by molar-refractivity contribution is 5.99. The first-order valence-corrected chi connectivity index (χ1v) is 14.3. The van der Waals surface area contributed by atoms with Crippen molar-refractivity contribution < 1.29 is 37.9 Å². The summed E-state index contributed by atoms with van der Waals surface area (Å²) in [7, 11) is 1.41. The van der Waals surface area contributed by atoms with Gasteiger partial charge in [-0.15, -0.1) is 0 Å². The first-order valence-electron chi connectivity index (χ1n) is 14.3. The molecule has 0 aliphatic carbocycles. The van der Waals surface area contributed by atoms with E-state index in [-0.39, 0.29) is 29.9 Å². The lowest BCUT2D eigenvalue weighted by Gasteiger charge is -2.26. The Morgan fingerprint density at radius 1 is 0.976 bits per heavy atom. The van der Waals surface area contributed by atoms with E-state index in [4.69, 9.17) is 18.7 Å². The van der Waals surface area contributed by atoms with Crippen LogP contribution >= 0.6 is 0 Å². The van der Waals surface area contributed by atoms with E-state index >= 15 is 0 Å². The Labute approximate surface area is 241 Å². The third-order valence-electron chi connectivity index (χ3n) is 7.01. The molecule has 4 atom stereocenters. The van der Waals surface area contributed by atoms with Gasteiger partial charge in [0.25, 0.3) is 5.91 Å². The zero-order valence-electron chi connectivity index (χ0n) is 25.0. The smallest absolute Gasteiger partial charge is 0.274 e. The number of epoxide rings is 1. The van der Waals surface area contributed by atoms with Crippen LogP contribution in [0.5, 0.6) is 0 Å². The van der Waals surface area contributed by atoms with Crippen molar-refractivity contribution in [2.45, 2.75) is 77.7 Å². The van der Waals surface area contributed by atoms with Crippen LogP contribution in [0.3, 0.4) is 0 Å². The summed E-state index contributed by atoms with van der Waals surface area (Å²) in [6.45, 7) is 12.9. The van der Waals surface area contributed by atoms with Crippen molar-refractivity contribution in [3.63, 3.8) is 0 Å². The molecule has 2 fully saturated rings. The minimum absolute atomic E-state index is 0.0577. The van der Waals surface area contributed by atoms with Gasteiger partial charge in [-0.05, 0) is 31.6 Å². The normalized spacial score (nSPS) is 21.3. The quantitative estimate of drug-likeness (QED) is 0.237. The van der Waals surface area contributed by atoms with Gasteiger partial charge in [0.15, 0.2) is 17.2 Å². The van der Waals surface area contributed by atoms with E-state index in [2.05, 4.69) is 26.0 Å². The number of morpholine rings is 1. The van der Waals surface area contributed by atoms with Crippen LogP contribution in [0, 0.1) is 11.8 Å². The molecule has 2 saturated heterocycles. The van der Waals surface area contributed by atoms with Crippen molar-refractivity contribution in [1.82, 2.24) is 26.0 Å². The molecular weight excluding hydrogens is 534 g/mol. The molecule has 0 spiro atoms. The second-order valence-electron chi connectivity index (χ2n) is 11.8. The molecule has 1 aromatic heterocycles. The first kappa shape index (κ1) is 32.6. The highest BCUT2D eigenvalue weighted by Crippen LogP contribution is 2.29. The molecule has 3 unspecified atom stereocenters.